The minimum Gasteiger partial charge on any atom is -0.345 e. The van der Waals surface area contributed by atoms with Crippen molar-refractivity contribution in [2.75, 3.05) is 13.6 Å². The summed E-state index contributed by atoms with van der Waals surface area (Å²) >= 11 is 0. The molecule has 0 aliphatic rings. The molecule has 3 heteroatoms. The zero-order valence-electron chi connectivity index (χ0n) is 10.1. The van der Waals surface area contributed by atoms with Gasteiger partial charge in [-0.3, -0.25) is 4.79 Å². The van der Waals surface area contributed by atoms with Gasteiger partial charge in [-0.2, -0.15) is 0 Å². The van der Waals surface area contributed by atoms with E-state index in [1.807, 2.05) is 20.9 Å². The summed E-state index contributed by atoms with van der Waals surface area (Å²) in [5.74, 6) is 0.758. The van der Waals surface area contributed by atoms with Crippen LogP contribution < -0.4 is 5.73 Å². The zero-order valence-corrected chi connectivity index (χ0v) is 10.1. The maximum absolute atomic E-state index is 11.5. The van der Waals surface area contributed by atoms with Gasteiger partial charge in [-0.05, 0) is 12.3 Å². The highest BCUT2D eigenvalue weighted by Gasteiger charge is 2.14. The number of hydrogen-bond acceptors (Lipinski definition) is 2. The van der Waals surface area contributed by atoms with Gasteiger partial charge in [0.15, 0.2) is 0 Å². The second-order valence-electron chi connectivity index (χ2n) is 4.61. The van der Waals surface area contributed by atoms with Gasteiger partial charge in [-0.1, -0.05) is 27.7 Å². The van der Waals surface area contributed by atoms with E-state index >= 15 is 0 Å². The summed E-state index contributed by atoms with van der Waals surface area (Å²) in [4.78, 5) is 13.3. The molecular weight excluding hydrogens is 176 g/mol. The Labute approximate surface area is 87.6 Å². The molecule has 84 valence electrons. The number of carbonyl (C=O) groups excluding carboxylic acids is 1. The molecule has 3 nitrogen and oxygen atoms in total. The van der Waals surface area contributed by atoms with Crippen molar-refractivity contribution in [1.29, 1.82) is 0 Å². The van der Waals surface area contributed by atoms with Crippen LogP contribution in [0.4, 0.5) is 0 Å². The van der Waals surface area contributed by atoms with Crippen molar-refractivity contribution in [1.82, 2.24) is 4.90 Å². The van der Waals surface area contributed by atoms with Crippen molar-refractivity contribution in [2.45, 2.75) is 40.2 Å². The number of carbonyl (C=O) groups is 1. The van der Waals surface area contributed by atoms with E-state index in [-0.39, 0.29) is 17.9 Å². The van der Waals surface area contributed by atoms with Crippen LogP contribution in [0.2, 0.25) is 0 Å². The Hall–Kier alpha value is -0.570. The van der Waals surface area contributed by atoms with Crippen LogP contribution in [0.25, 0.3) is 0 Å². The first kappa shape index (κ1) is 13.4. The monoisotopic (exact) mass is 200 g/mol. The van der Waals surface area contributed by atoms with E-state index in [0.29, 0.717) is 5.92 Å². The fraction of sp³-hybridized carbons (Fsp3) is 0.909. The van der Waals surface area contributed by atoms with Gasteiger partial charge in [-0.15, -0.1) is 0 Å². The molecule has 0 fully saturated rings. The number of nitrogens with zero attached hydrogens (tertiary/aromatic N) is 1. The van der Waals surface area contributed by atoms with Crippen LogP contribution in [0.3, 0.4) is 0 Å². The lowest BCUT2D eigenvalue weighted by Gasteiger charge is -2.22. The zero-order chi connectivity index (χ0) is 11.3. The number of nitrogens with two attached hydrogens (primary N) is 1. The van der Waals surface area contributed by atoms with Gasteiger partial charge in [0, 0.05) is 25.6 Å². The van der Waals surface area contributed by atoms with Gasteiger partial charge < -0.3 is 10.6 Å². The summed E-state index contributed by atoms with van der Waals surface area (Å²) in [6.07, 6.45) is 0.882. The molecule has 14 heavy (non-hydrogen) atoms. The van der Waals surface area contributed by atoms with Crippen molar-refractivity contribution in [3.05, 3.63) is 0 Å². The Balaban J connectivity index is 3.85. The van der Waals surface area contributed by atoms with E-state index in [4.69, 9.17) is 5.73 Å². The Bertz CT molecular complexity index is 178. The van der Waals surface area contributed by atoms with Crippen LogP contribution in [0.15, 0.2) is 0 Å². The molecule has 1 unspecified atom stereocenters. The van der Waals surface area contributed by atoms with Crippen LogP contribution in [0.5, 0.6) is 0 Å². The summed E-state index contributed by atoms with van der Waals surface area (Å²) in [7, 11) is 1.84. The summed E-state index contributed by atoms with van der Waals surface area (Å²) in [5.41, 5.74) is 5.90. The molecule has 0 bridgehead atoms. The minimum absolute atomic E-state index is 0.0790. The Morgan fingerprint density at radius 2 is 1.79 bits per heavy atom. The fourth-order valence-corrected chi connectivity index (χ4v) is 1.23. The van der Waals surface area contributed by atoms with Gasteiger partial charge in [0.1, 0.15) is 0 Å². The molecule has 1 amide bonds. The Morgan fingerprint density at radius 1 is 1.29 bits per heavy atom. The lowest BCUT2D eigenvalue weighted by Crippen LogP contribution is -2.36. The van der Waals surface area contributed by atoms with Crippen LogP contribution in [-0.4, -0.2) is 30.4 Å². The molecule has 0 aliphatic heterocycles. The van der Waals surface area contributed by atoms with E-state index in [1.54, 1.807) is 4.90 Å². The summed E-state index contributed by atoms with van der Waals surface area (Å²) in [6.45, 7) is 8.81. The average Bonchev–Trinajstić information content (AvgIpc) is 2.11. The van der Waals surface area contributed by atoms with Crippen molar-refractivity contribution in [3.8, 4) is 0 Å². The Kier molecular flexibility index (Phi) is 5.77. The van der Waals surface area contributed by atoms with Crippen molar-refractivity contribution >= 4 is 5.91 Å². The standard InChI is InChI=1S/C11H24N2O/c1-8(2)10(12)6-7-13(5)11(14)9(3)4/h8-10H,6-7,12H2,1-5H3. The van der Waals surface area contributed by atoms with Gasteiger partial charge in [0.2, 0.25) is 5.91 Å². The first-order chi connectivity index (χ1) is 6.36. The molecule has 0 aliphatic carbocycles. The van der Waals surface area contributed by atoms with E-state index in [0.717, 1.165) is 13.0 Å². The molecule has 0 aromatic heterocycles. The number of hydrogen-bond donors (Lipinski definition) is 1. The van der Waals surface area contributed by atoms with Gasteiger partial charge in [0.05, 0.1) is 0 Å². The molecule has 0 saturated heterocycles. The molecule has 0 aromatic rings. The third-order valence-electron chi connectivity index (χ3n) is 2.52. The number of rotatable bonds is 5. The predicted molar refractivity (Wildman–Crippen MR) is 59.9 cm³/mol. The highest BCUT2D eigenvalue weighted by Crippen LogP contribution is 2.05. The molecule has 0 heterocycles. The molecule has 2 N–H and O–H groups in total. The first-order valence-corrected chi connectivity index (χ1v) is 5.36. The smallest absolute Gasteiger partial charge is 0.224 e. The largest absolute Gasteiger partial charge is 0.345 e. The first-order valence-electron chi connectivity index (χ1n) is 5.36. The molecule has 0 rings (SSSR count). The van der Waals surface area contributed by atoms with Crippen LogP contribution in [-0.2, 0) is 4.79 Å². The van der Waals surface area contributed by atoms with Crippen LogP contribution >= 0.6 is 0 Å². The summed E-state index contributed by atoms with van der Waals surface area (Å²) < 4.78 is 0. The SMILES string of the molecule is CC(C)C(=O)N(C)CCC(N)C(C)C. The minimum atomic E-state index is 0.0790. The third kappa shape index (κ3) is 4.61. The van der Waals surface area contributed by atoms with Crippen molar-refractivity contribution in [2.24, 2.45) is 17.6 Å². The second-order valence-corrected chi connectivity index (χ2v) is 4.61. The van der Waals surface area contributed by atoms with Crippen LogP contribution in [0.1, 0.15) is 34.1 Å². The highest BCUT2D eigenvalue weighted by molar-refractivity contribution is 5.77. The lowest BCUT2D eigenvalue weighted by molar-refractivity contribution is -0.133. The molecule has 0 radical (unpaired) electrons. The summed E-state index contributed by atoms with van der Waals surface area (Å²) in [6, 6.07) is 0.192. The van der Waals surface area contributed by atoms with Gasteiger partial charge in [-0.25, -0.2) is 0 Å². The predicted octanol–water partition coefficient (Wildman–Crippen LogP) is 1.47. The van der Waals surface area contributed by atoms with Crippen LogP contribution in [0, 0.1) is 11.8 Å². The average molecular weight is 200 g/mol. The topological polar surface area (TPSA) is 46.3 Å². The van der Waals surface area contributed by atoms with E-state index < -0.39 is 0 Å². The van der Waals surface area contributed by atoms with E-state index in [2.05, 4.69) is 13.8 Å². The highest BCUT2D eigenvalue weighted by atomic mass is 16.2. The molecule has 1 atom stereocenters. The normalized spacial score (nSPS) is 13.4. The molecular formula is C11H24N2O. The number of amides is 1. The van der Waals surface area contributed by atoms with E-state index in [1.165, 1.54) is 0 Å². The maximum atomic E-state index is 11.5. The molecule has 0 spiro atoms. The van der Waals surface area contributed by atoms with Gasteiger partial charge in [0.25, 0.3) is 0 Å². The van der Waals surface area contributed by atoms with Crippen molar-refractivity contribution in [3.63, 3.8) is 0 Å². The summed E-state index contributed by atoms with van der Waals surface area (Å²) in [5, 5.41) is 0. The second kappa shape index (κ2) is 6.02. The van der Waals surface area contributed by atoms with Gasteiger partial charge >= 0.3 is 0 Å². The molecule has 0 saturated carbocycles. The quantitative estimate of drug-likeness (QED) is 0.730. The lowest BCUT2D eigenvalue weighted by atomic mass is 10.0. The Morgan fingerprint density at radius 3 is 2.14 bits per heavy atom. The maximum Gasteiger partial charge on any atom is 0.224 e. The van der Waals surface area contributed by atoms with E-state index in [9.17, 15) is 4.79 Å². The molecule has 0 aromatic carbocycles. The third-order valence-corrected chi connectivity index (χ3v) is 2.52. The fourth-order valence-electron chi connectivity index (χ4n) is 1.23. The van der Waals surface area contributed by atoms with Crippen molar-refractivity contribution < 1.29 is 4.79 Å².